The Morgan fingerprint density at radius 2 is 1.17 bits per heavy atom. The Morgan fingerprint density at radius 1 is 0.750 bits per heavy atom. The Kier molecular flexibility index (Phi) is 6.97. The van der Waals surface area contributed by atoms with Gasteiger partial charge in [0.2, 0.25) is 0 Å². The van der Waals surface area contributed by atoms with Crippen molar-refractivity contribution in [1.82, 2.24) is 10.6 Å². The van der Waals surface area contributed by atoms with Crippen LogP contribution in [0.25, 0.3) is 0 Å². The van der Waals surface area contributed by atoms with Gasteiger partial charge in [0, 0.05) is 26.3 Å². The van der Waals surface area contributed by atoms with Crippen molar-refractivity contribution >= 4 is 11.9 Å². The van der Waals surface area contributed by atoms with Crippen LogP contribution in [-0.4, -0.2) is 72.7 Å². The van der Waals surface area contributed by atoms with Gasteiger partial charge in [0.1, 0.15) is 0 Å². The van der Waals surface area contributed by atoms with E-state index in [0.717, 1.165) is 39.4 Å². The average Bonchev–Trinajstić information content (AvgIpc) is 3.36. The number of aliphatic carboxylic acids is 2. The van der Waals surface area contributed by atoms with E-state index >= 15 is 0 Å². The number of carboxylic acids is 2. The first-order valence-electron chi connectivity index (χ1n) is 8.63. The number of hydrogen-bond donors (Lipinski definition) is 4. The summed E-state index contributed by atoms with van der Waals surface area (Å²) >= 11 is 0. The van der Waals surface area contributed by atoms with Gasteiger partial charge in [-0.1, -0.05) is 0 Å². The Balaban J connectivity index is 0.000000134. The van der Waals surface area contributed by atoms with Crippen molar-refractivity contribution in [3.63, 3.8) is 0 Å². The molecule has 2 atom stereocenters. The van der Waals surface area contributed by atoms with E-state index in [9.17, 15) is 0 Å². The first-order chi connectivity index (χ1) is 11.5. The topological polar surface area (TPSA) is 117 Å². The van der Waals surface area contributed by atoms with Gasteiger partial charge >= 0.3 is 11.9 Å². The number of ether oxygens (including phenoxy) is 2. The molecule has 0 bridgehead atoms. The molecule has 2 spiro atoms. The lowest BCUT2D eigenvalue weighted by molar-refractivity contribution is -0.159. The second kappa shape index (κ2) is 8.75. The molecule has 0 aromatic heterocycles. The van der Waals surface area contributed by atoms with E-state index in [1.807, 2.05) is 0 Å². The zero-order chi connectivity index (χ0) is 17.5. The van der Waals surface area contributed by atoms with Crippen molar-refractivity contribution in [3.05, 3.63) is 0 Å². The highest BCUT2D eigenvalue weighted by molar-refractivity contribution is 6.27. The van der Waals surface area contributed by atoms with Crippen molar-refractivity contribution in [2.24, 2.45) is 0 Å². The van der Waals surface area contributed by atoms with Crippen LogP contribution in [0.1, 0.15) is 38.5 Å². The summed E-state index contributed by atoms with van der Waals surface area (Å²) in [5, 5.41) is 21.4. The third-order valence-electron chi connectivity index (χ3n) is 4.96. The fraction of sp³-hybridized carbons (Fsp3) is 0.875. The summed E-state index contributed by atoms with van der Waals surface area (Å²) in [6.45, 7) is 6.46. The van der Waals surface area contributed by atoms with Crippen LogP contribution < -0.4 is 10.6 Å². The normalized spacial score (nSPS) is 33.8. The molecule has 4 aliphatic heterocycles. The minimum atomic E-state index is -1.82. The van der Waals surface area contributed by atoms with E-state index in [2.05, 4.69) is 10.6 Å². The predicted molar refractivity (Wildman–Crippen MR) is 86.1 cm³/mol. The van der Waals surface area contributed by atoms with E-state index in [4.69, 9.17) is 29.3 Å². The van der Waals surface area contributed by atoms with E-state index in [-0.39, 0.29) is 11.2 Å². The molecule has 0 radical (unpaired) electrons. The maximum absolute atomic E-state index is 9.10. The predicted octanol–water partition coefficient (Wildman–Crippen LogP) is 0.213. The van der Waals surface area contributed by atoms with Crippen LogP contribution in [0.3, 0.4) is 0 Å². The first kappa shape index (κ1) is 19.1. The van der Waals surface area contributed by atoms with Gasteiger partial charge in [-0.15, -0.1) is 0 Å². The first-order valence-corrected chi connectivity index (χ1v) is 8.63. The number of nitrogens with one attached hydrogen (secondary N) is 2. The largest absolute Gasteiger partial charge is 0.473 e. The molecule has 0 aromatic carbocycles. The van der Waals surface area contributed by atoms with E-state index < -0.39 is 11.9 Å². The summed E-state index contributed by atoms with van der Waals surface area (Å²) in [5.74, 6) is -3.65. The molecule has 0 aromatic rings. The monoisotopic (exact) mass is 344 g/mol. The molecule has 4 rings (SSSR count). The van der Waals surface area contributed by atoms with Crippen LogP contribution in [0.15, 0.2) is 0 Å². The van der Waals surface area contributed by atoms with Gasteiger partial charge in [-0.25, -0.2) is 9.59 Å². The molecule has 8 nitrogen and oxygen atoms in total. The number of carbonyl (C=O) groups is 2. The lowest BCUT2D eigenvalue weighted by atomic mass is 10.00. The fourth-order valence-corrected chi connectivity index (χ4v) is 3.63. The molecule has 0 amide bonds. The summed E-state index contributed by atoms with van der Waals surface area (Å²) in [6.07, 6.45) is 7.54. The number of hydrogen-bond acceptors (Lipinski definition) is 6. The molecule has 4 heterocycles. The summed E-state index contributed by atoms with van der Waals surface area (Å²) in [6, 6.07) is 0. The van der Waals surface area contributed by atoms with Crippen molar-refractivity contribution < 1.29 is 29.3 Å². The molecule has 0 aliphatic carbocycles. The Morgan fingerprint density at radius 3 is 1.38 bits per heavy atom. The van der Waals surface area contributed by atoms with Gasteiger partial charge in [0.25, 0.3) is 0 Å². The van der Waals surface area contributed by atoms with Crippen LogP contribution in [0.2, 0.25) is 0 Å². The van der Waals surface area contributed by atoms with Crippen molar-refractivity contribution in [2.45, 2.75) is 49.7 Å². The SMILES string of the molecule is C1COC2(C1)CCNC2.C1COC2(C1)CCNC2.O=C(O)C(=O)O. The van der Waals surface area contributed by atoms with Crippen LogP contribution in [-0.2, 0) is 19.1 Å². The highest BCUT2D eigenvalue weighted by Gasteiger charge is 2.38. The molecule has 4 aliphatic rings. The standard InChI is InChI=1S/2C7H13NO.C2H2O4/c2*1-2-7(9-5-1)3-4-8-6-7;3-1(4)2(5)6/h2*8H,1-6H2;(H,3,4)(H,5,6). The average molecular weight is 344 g/mol. The van der Waals surface area contributed by atoms with Gasteiger partial charge in [0.15, 0.2) is 0 Å². The minimum absolute atomic E-state index is 0.278. The Hall–Kier alpha value is -1.22. The molecule has 4 fully saturated rings. The van der Waals surface area contributed by atoms with Gasteiger partial charge in [-0.3, -0.25) is 0 Å². The fourth-order valence-electron chi connectivity index (χ4n) is 3.63. The number of rotatable bonds is 0. The van der Waals surface area contributed by atoms with Crippen LogP contribution in [0.4, 0.5) is 0 Å². The summed E-state index contributed by atoms with van der Waals surface area (Å²) in [5.41, 5.74) is 0.556. The van der Waals surface area contributed by atoms with Crippen molar-refractivity contribution in [1.29, 1.82) is 0 Å². The second-order valence-corrected chi connectivity index (χ2v) is 6.73. The summed E-state index contributed by atoms with van der Waals surface area (Å²) < 4.78 is 11.3. The van der Waals surface area contributed by atoms with Crippen LogP contribution in [0.5, 0.6) is 0 Å². The Bertz CT molecular complexity index is 343. The smallest absolute Gasteiger partial charge is 0.414 e. The maximum atomic E-state index is 9.10. The lowest BCUT2D eigenvalue weighted by Crippen LogP contribution is -2.29. The van der Waals surface area contributed by atoms with Gasteiger partial charge < -0.3 is 30.3 Å². The third kappa shape index (κ3) is 5.41. The Labute approximate surface area is 141 Å². The number of carboxylic acid groups (broad SMARTS) is 2. The van der Waals surface area contributed by atoms with Gasteiger partial charge in [0.05, 0.1) is 11.2 Å². The highest BCUT2D eigenvalue weighted by atomic mass is 16.5. The van der Waals surface area contributed by atoms with Gasteiger partial charge in [-0.05, 0) is 51.6 Å². The zero-order valence-corrected chi connectivity index (χ0v) is 14.0. The molecular formula is C16H28N2O6. The van der Waals surface area contributed by atoms with E-state index in [1.54, 1.807) is 0 Å². The van der Waals surface area contributed by atoms with Crippen molar-refractivity contribution in [2.75, 3.05) is 39.4 Å². The third-order valence-corrected chi connectivity index (χ3v) is 4.96. The molecule has 4 saturated heterocycles. The molecule has 24 heavy (non-hydrogen) atoms. The maximum Gasteiger partial charge on any atom is 0.414 e. The van der Waals surface area contributed by atoms with Crippen LogP contribution in [0, 0.1) is 0 Å². The minimum Gasteiger partial charge on any atom is -0.473 e. The highest BCUT2D eigenvalue weighted by Crippen LogP contribution is 2.31. The molecule has 4 N–H and O–H groups in total. The molecule has 8 heteroatoms. The molecule has 2 unspecified atom stereocenters. The van der Waals surface area contributed by atoms with E-state index in [1.165, 1.54) is 38.5 Å². The summed E-state index contributed by atoms with van der Waals surface area (Å²) in [7, 11) is 0. The van der Waals surface area contributed by atoms with Gasteiger partial charge in [-0.2, -0.15) is 0 Å². The van der Waals surface area contributed by atoms with Crippen LogP contribution >= 0.6 is 0 Å². The molecular weight excluding hydrogens is 316 g/mol. The summed E-state index contributed by atoms with van der Waals surface area (Å²) in [4.78, 5) is 18.2. The zero-order valence-electron chi connectivity index (χ0n) is 14.0. The quantitative estimate of drug-likeness (QED) is 0.461. The van der Waals surface area contributed by atoms with Crippen molar-refractivity contribution in [3.8, 4) is 0 Å². The second-order valence-electron chi connectivity index (χ2n) is 6.73. The van der Waals surface area contributed by atoms with E-state index in [0.29, 0.717) is 0 Å². The lowest BCUT2D eigenvalue weighted by Gasteiger charge is -2.19. The molecule has 0 saturated carbocycles. The molecule has 138 valence electrons.